The number of H-pyrrole nitrogens is 1. The van der Waals surface area contributed by atoms with Gasteiger partial charge in [0.15, 0.2) is 0 Å². The van der Waals surface area contributed by atoms with E-state index < -0.39 is 7.12 Å². The minimum absolute atomic E-state index is 0.389. The Labute approximate surface area is 182 Å². The Hall–Kier alpha value is -3.09. The lowest BCUT2D eigenvalue weighted by molar-refractivity contribution is 0.00578. The van der Waals surface area contributed by atoms with Crippen molar-refractivity contribution in [2.24, 2.45) is 0 Å². The SMILES string of the molecule is CC1(C)OB(c2cc(-c3ccc(Oc4ccccc4)cc3)c3[nH]ncc3c2)OC1(C)C. The van der Waals surface area contributed by atoms with Gasteiger partial charge in [-0.25, -0.2) is 0 Å². The fourth-order valence-corrected chi connectivity index (χ4v) is 3.75. The van der Waals surface area contributed by atoms with Gasteiger partial charge >= 0.3 is 7.12 Å². The lowest BCUT2D eigenvalue weighted by Gasteiger charge is -2.32. The molecule has 3 aromatic carbocycles. The van der Waals surface area contributed by atoms with Gasteiger partial charge in [-0.1, -0.05) is 42.5 Å². The van der Waals surface area contributed by atoms with Gasteiger partial charge in [0.2, 0.25) is 0 Å². The van der Waals surface area contributed by atoms with Crippen LogP contribution in [0.4, 0.5) is 0 Å². The molecule has 31 heavy (non-hydrogen) atoms. The maximum absolute atomic E-state index is 6.28. The minimum atomic E-state index is -0.427. The van der Waals surface area contributed by atoms with Crippen LogP contribution in [0.5, 0.6) is 11.5 Å². The molecular formula is C25H25BN2O3. The average Bonchev–Trinajstić information content (AvgIpc) is 3.30. The Kier molecular flexibility index (Phi) is 4.65. The number of fused-ring (bicyclic) bond motifs is 1. The van der Waals surface area contributed by atoms with E-state index in [0.29, 0.717) is 0 Å². The molecule has 1 fully saturated rings. The zero-order valence-corrected chi connectivity index (χ0v) is 18.2. The standard InChI is InChI=1S/C25H25BN2O3/c1-24(2)25(3,4)31-26(30-24)19-14-18-16-27-28-23(18)22(15-19)17-10-12-21(13-11-17)29-20-8-6-5-7-9-20/h5-16H,1-4H3,(H,27,28). The highest BCUT2D eigenvalue weighted by Crippen LogP contribution is 2.37. The molecule has 156 valence electrons. The Balaban J connectivity index is 1.49. The third kappa shape index (κ3) is 3.62. The van der Waals surface area contributed by atoms with E-state index in [4.69, 9.17) is 14.0 Å². The van der Waals surface area contributed by atoms with Crippen molar-refractivity contribution in [1.82, 2.24) is 10.2 Å². The van der Waals surface area contributed by atoms with Gasteiger partial charge < -0.3 is 14.0 Å². The Morgan fingerprint density at radius 1 is 0.839 bits per heavy atom. The van der Waals surface area contributed by atoms with Crippen LogP contribution in [0.2, 0.25) is 0 Å². The molecule has 0 saturated carbocycles. The van der Waals surface area contributed by atoms with Crippen LogP contribution < -0.4 is 10.2 Å². The van der Waals surface area contributed by atoms with Gasteiger partial charge in [-0.15, -0.1) is 0 Å². The molecule has 5 rings (SSSR count). The van der Waals surface area contributed by atoms with E-state index in [1.807, 2.05) is 48.7 Å². The zero-order valence-electron chi connectivity index (χ0n) is 18.2. The van der Waals surface area contributed by atoms with Crippen LogP contribution in [0.3, 0.4) is 0 Å². The van der Waals surface area contributed by atoms with E-state index in [1.54, 1.807) is 0 Å². The number of hydrogen-bond acceptors (Lipinski definition) is 4. The fourth-order valence-electron chi connectivity index (χ4n) is 3.75. The van der Waals surface area contributed by atoms with Crippen LogP contribution in [-0.4, -0.2) is 28.5 Å². The number of nitrogens with one attached hydrogen (secondary N) is 1. The first-order valence-electron chi connectivity index (χ1n) is 10.5. The van der Waals surface area contributed by atoms with Gasteiger partial charge in [-0.05, 0) is 63.0 Å². The number of para-hydroxylation sites is 1. The van der Waals surface area contributed by atoms with Gasteiger partial charge in [0, 0.05) is 10.9 Å². The van der Waals surface area contributed by atoms with Gasteiger partial charge in [-0.3, -0.25) is 5.10 Å². The first-order valence-corrected chi connectivity index (χ1v) is 10.5. The maximum atomic E-state index is 6.28. The van der Waals surface area contributed by atoms with Crippen molar-refractivity contribution in [3.8, 4) is 22.6 Å². The summed E-state index contributed by atoms with van der Waals surface area (Å²) in [6.07, 6.45) is 1.83. The predicted octanol–water partition coefficient (Wildman–Crippen LogP) is 5.32. The second-order valence-corrected chi connectivity index (χ2v) is 8.93. The summed E-state index contributed by atoms with van der Waals surface area (Å²) in [5.41, 5.74) is 3.29. The van der Waals surface area contributed by atoms with E-state index in [0.717, 1.165) is 39.0 Å². The van der Waals surface area contributed by atoms with Gasteiger partial charge in [0.25, 0.3) is 0 Å². The summed E-state index contributed by atoms with van der Waals surface area (Å²) in [4.78, 5) is 0. The fraction of sp³-hybridized carbons (Fsp3) is 0.240. The molecule has 0 unspecified atom stereocenters. The summed E-state index contributed by atoms with van der Waals surface area (Å²) < 4.78 is 18.5. The summed E-state index contributed by atoms with van der Waals surface area (Å²) in [7, 11) is -0.427. The van der Waals surface area contributed by atoms with E-state index in [9.17, 15) is 0 Å². The third-order valence-corrected chi connectivity index (χ3v) is 6.24. The van der Waals surface area contributed by atoms with E-state index in [2.05, 4.69) is 62.2 Å². The highest BCUT2D eigenvalue weighted by atomic mass is 16.7. The third-order valence-electron chi connectivity index (χ3n) is 6.24. The molecule has 1 aliphatic rings. The number of aromatic nitrogens is 2. The molecular weight excluding hydrogens is 387 g/mol. The zero-order chi connectivity index (χ0) is 21.6. The molecule has 4 aromatic rings. The average molecular weight is 412 g/mol. The predicted molar refractivity (Wildman–Crippen MR) is 124 cm³/mol. The Bertz CT molecular complexity index is 1200. The summed E-state index contributed by atoms with van der Waals surface area (Å²) in [5, 5.41) is 8.40. The molecule has 0 radical (unpaired) electrons. The number of benzene rings is 3. The monoisotopic (exact) mass is 412 g/mol. The molecule has 1 aromatic heterocycles. The van der Waals surface area contributed by atoms with Crippen LogP contribution in [0.15, 0.2) is 72.9 Å². The molecule has 1 saturated heterocycles. The highest BCUT2D eigenvalue weighted by Gasteiger charge is 2.51. The molecule has 5 nitrogen and oxygen atoms in total. The Morgan fingerprint density at radius 3 is 2.16 bits per heavy atom. The second-order valence-electron chi connectivity index (χ2n) is 8.93. The molecule has 2 heterocycles. The smallest absolute Gasteiger partial charge is 0.457 e. The molecule has 0 bridgehead atoms. The number of aromatic amines is 1. The van der Waals surface area contributed by atoms with Crippen LogP contribution in [0.25, 0.3) is 22.0 Å². The first-order chi connectivity index (χ1) is 14.8. The van der Waals surface area contributed by atoms with E-state index in [-0.39, 0.29) is 11.2 Å². The van der Waals surface area contributed by atoms with Crippen LogP contribution in [0.1, 0.15) is 27.7 Å². The largest absolute Gasteiger partial charge is 0.494 e. The quantitative estimate of drug-likeness (QED) is 0.461. The summed E-state index contributed by atoms with van der Waals surface area (Å²) in [5.74, 6) is 1.60. The van der Waals surface area contributed by atoms with Gasteiger partial charge in [0.1, 0.15) is 11.5 Å². The van der Waals surface area contributed by atoms with E-state index >= 15 is 0 Å². The number of ether oxygens (including phenoxy) is 1. The Morgan fingerprint density at radius 2 is 1.48 bits per heavy atom. The van der Waals surface area contributed by atoms with Crippen LogP contribution in [0, 0.1) is 0 Å². The van der Waals surface area contributed by atoms with Crippen molar-refractivity contribution in [3.63, 3.8) is 0 Å². The number of rotatable bonds is 4. The minimum Gasteiger partial charge on any atom is -0.457 e. The topological polar surface area (TPSA) is 56.4 Å². The van der Waals surface area contributed by atoms with Crippen LogP contribution >= 0.6 is 0 Å². The normalized spacial score (nSPS) is 17.2. The lowest BCUT2D eigenvalue weighted by Crippen LogP contribution is -2.41. The molecule has 0 spiro atoms. The number of hydrogen-bond donors (Lipinski definition) is 1. The molecule has 0 amide bonds. The lowest BCUT2D eigenvalue weighted by atomic mass is 9.77. The van der Waals surface area contributed by atoms with Gasteiger partial charge in [0.05, 0.1) is 22.9 Å². The van der Waals surface area contributed by atoms with Crippen molar-refractivity contribution >= 4 is 23.5 Å². The van der Waals surface area contributed by atoms with Gasteiger partial charge in [-0.2, -0.15) is 5.10 Å². The summed E-state index contributed by atoms with van der Waals surface area (Å²) >= 11 is 0. The van der Waals surface area contributed by atoms with Crippen molar-refractivity contribution < 1.29 is 14.0 Å². The maximum Gasteiger partial charge on any atom is 0.494 e. The molecule has 0 aliphatic carbocycles. The van der Waals surface area contributed by atoms with Crippen molar-refractivity contribution in [2.45, 2.75) is 38.9 Å². The summed E-state index contributed by atoms with van der Waals surface area (Å²) in [6.45, 7) is 8.26. The molecule has 6 heteroatoms. The molecule has 1 N–H and O–H groups in total. The van der Waals surface area contributed by atoms with Crippen LogP contribution in [-0.2, 0) is 9.31 Å². The molecule has 0 atom stereocenters. The summed E-state index contributed by atoms with van der Waals surface area (Å²) in [6, 6.07) is 22.0. The number of nitrogens with zero attached hydrogens (tertiary/aromatic N) is 1. The first kappa shape index (κ1) is 19.9. The van der Waals surface area contributed by atoms with Crippen molar-refractivity contribution in [2.75, 3.05) is 0 Å². The highest BCUT2D eigenvalue weighted by molar-refractivity contribution is 6.62. The van der Waals surface area contributed by atoms with E-state index in [1.165, 1.54) is 0 Å². The van der Waals surface area contributed by atoms with Crippen molar-refractivity contribution in [3.05, 3.63) is 72.9 Å². The second kappa shape index (κ2) is 7.25. The van der Waals surface area contributed by atoms with Crippen molar-refractivity contribution in [1.29, 1.82) is 0 Å². The molecule has 1 aliphatic heterocycles.